The third kappa shape index (κ3) is 5.70. The van der Waals surface area contributed by atoms with E-state index in [4.69, 9.17) is 27.9 Å². The van der Waals surface area contributed by atoms with Crippen molar-refractivity contribution in [1.29, 1.82) is 0 Å². The molecule has 0 bridgehead atoms. The zero-order valence-electron chi connectivity index (χ0n) is 18.8. The monoisotopic (exact) mass is 497 g/mol. The number of hydrogen-bond donors (Lipinski definition) is 1. The third-order valence-corrected chi connectivity index (χ3v) is 6.35. The largest absolute Gasteiger partial charge is 0.465 e. The number of hydrogen-bond acceptors (Lipinski definition) is 5. The molecule has 4 rings (SSSR count). The number of piperazine rings is 1. The molecule has 3 aromatic rings. The van der Waals surface area contributed by atoms with Crippen molar-refractivity contribution in [3.8, 4) is 0 Å². The summed E-state index contributed by atoms with van der Waals surface area (Å²) in [7, 11) is 1.33. The molecule has 0 radical (unpaired) electrons. The second-order valence-electron chi connectivity index (χ2n) is 8.05. The number of methoxy groups -OCH3 is 1. The van der Waals surface area contributed by atoms with Crippen molar-refractivity contribution in [2.45, 2.75) is 6.54 Å². The maximum absolute atomic E-state index is 13.0. The van der Waals surface area contributed by atoms with Crippen LogP contribution in [0.15, 0.2) is 66.7 Å². The van der Waals surface area contributed by atoms with Gasteiger partial charge in [-0.1, -0.05) is 53.5 Å². The highest BCUT2D eigenvalue weighted by atomic mass is 35.5. The van der Waals surface area contributed by atoms with Crippen molar-refractivity contribution in [2.24, 2.45) is 0 Å². The molecule has 0 spiro atoms. The van der Waals surface area contributed by atoms with Gasteiger partial charge in [-0.25, -0.2) is 4.79 Å². The fourth-order valence-electron chi connectivity index (χ4n) is 4.01. The molecule has 0 aromatic heterocycles. The summed E-state index contributed by atoms with van der Waals surface area (Å²) in [6.45, 7) is 4.23. The summed E-state index contributed by atoms with van der Waals surface area (Å²) in [6.07, 6.45) is 0. The number of amides is 1. The summed E-state index contributed by atoms with van der Waals surface area (Å²) in [4.78, 5) is 29.7. The quantitative estimate of drug-likeness (QED) is 0.464. The van der Waals surface area contributed by atoms with Crippen LogP contribution in [-0.2, 0) is 11.3 Å². The maximum Gasteiger partial charge on any atom is 0.337 e. The third-order valence-electron chi connectivity index (χ3n) is 5.80. The minimum atomic E-state index is -0.473. The molecule has 0 unspecified atom stereocenters. The number of carbonyl (C=O) groups excluding carboxylic acids is 2. The molecule has 1 fully saturated rings. The molecule has 1 N–H and O–H groups in total. The van der Waals surface area contributed by atoms with Crippen LogP contribution in [0.25, 0.3) is 0 Å². The Morgan fingerprint density at radius 2 is 1.68 bits per heavy atom. The average molecular weight is 498 g/mol. The Balaban J connectivity index is 1.53. The summed E-state index contributed by atoms with van der Waals surface area (Å²) in [5, 5.41) is 3.63. The van der Waals surface area contributed by atoms with E-state index in [1.165, 1.54) is 18.7 Å². The molecule has 1 aliphatic heterocycles. The number of nitrogens with one attached hydrogen (secondary N) is 1. The van der Waals surface area contributed by atoms with E-state index in [2.05, 4.69) is 39.4 Å². The number of rotatable bonds is 6. The number of anilines is 2. The Kier molecular flexibility index (Phi) is 7.73. The molecule has 176 valence electrons. The van der Waals surface area contributed by atoms with E-state index in [9.17, 15) is 9.59 Å². The molecular formula is C26H25Cl2N3O3. The standard InChI is InChI=1S/C26H25Cl2N3O3/c1-34-26(33)19-7-10-24(23(15-19)29-25(32)21-9-8-20(27)16-22(21)28)31-13-11-30(12-14-31)17-18-5-3-2-4-6-18/h2-10,15-16H,11-14,17H2,1H3,(H,29,32). The number of carbonyl (C=O) groups is 2. The van der Waals surface area contributed by atoms with Gasteiger partial charge in [-0.05, 0) is 42.0 Å². The fourth-order valence-corrected chi connectivity index (χ4v) is 4.50. The highest BCUT2D eigenvalue weighted by molar-refractivity contribution is 6.37. The van der Waals surface area contributed by atoms with E-state index in [1.54, 1.807) is 24.3 Å². The van der Waals surface area contributed by atoms with Gasteiger partial charge in [-0.3, -0.25) is 9.69 Å². The van der Waals surface area contributed by atoms with Gasteiger partial charge in [0, 0.05) is 37.7 Å². The molecule has 3 aromatic carbocycles. The highest BCUT2D eigenvalue weighted by Gasteiger charge is 2.22. The second kappa shape index (κ2) is 10.9. The first-order chi connectivity index (χ1) is 16.4. The Bertz CT molecular complexity index is 1180. The normalized spacial score (nSPS) is 14.0. The number of benzene rings is 3. The van der Waals surface area contributed by atoms with Crippen LogP contribution in [0.4, 0.5) is 11.4 Å². The van der Waals surface area contributed by atoms with Gasteiger partial charge in [-0.2, -0.15) is 0 Å². The molecule has 8 heteroatoms. The van der Waals surface area contributed by atoms with Crippen molar-refractivity contribution >= 4 is 46.5 Å². The van der Waals surface area contributed by atoms with Gasteiger partial charge in [0.05, 0.1) is 34.6 Å². The predicted molar refractivity (Wildman–Crippen MR) is 136 cm³/mol. The number of ether oxygens (including phenoxy) is 1. The number of halogens is 2. The van der Waals surface area contributed by atoms with Crippen molar-refractivity contribution < 1.29 is 14.3 Å². The first-order valence-electron chi connectivity index (χ1n) is 10.9. The van der Waals surface area contributed by atoms with Crippen LogP contribution in [0, 0.1) is 0 Å². The SMILES string of the molecule is COC(=O)c1ccc(N2CCN(Cc3ccccc3)CC2)c(NC(=O)c2ccc(Cl)cc2Cl)c1. The lowest BCUT2D eigenvalue weighted by Gasteiger charge is -2.37. The van der Waals surface area contributed by atoms with Crippen LogP contribution in [0.1, 0.15) is 26.3 Å². The molecular weight excluding hydrogens is 473 g/mol. The van der Waals surface area contributed by atoms with E-state index in [-0.39, 0.29) is 10.9 Å². The Hall–Kier alpha value is -3.06. The highest BCUT2D eigenvalue weighted by Crippen LogP contribution is 2.30. The molecule has 1 saturated heterocycles. The van der Waals surface area contributed by atoms with E-state index in [1.807, 2.05) is 12.1 Å². The summed E-state index contributed by atoms with van der Waals surface area (Å²) in [5.74, 6) is -0.855. The van der Waals surface area contributed by atoms with Gasteiger partial charge in [0.15, 0.2) is 0 Å². The lowest BCUT2D eigenvalue weighted by molar-refractivity contribution is 0.0600. The van der Waals surface area contributed by atoms with Crippen LogP contribution in [0.3, 0.4) is 0 Å². The first-order valence-corrected chi connectivity index (χ1v) is 11.7. The van der Waals surface area contributed by atoms with Crippen LogP contribution < -0.4 is 10.2 Å². The Morgan fingerprint density at radius 3 is 2.35 bits per heavy atom. The van der Waals surface area contributed by atoms with Crippen LogP contribution >= 0.6 is 23.2 Å². The molecule has 1 aliphatic rings. The fraction of sp³-hybridized carbons (Fsp3) is 0.231. The zero-order chi connectivity index (χ0) is 24.1. The Labute approximate surface area is 209 Å². The van der Waals surface area contributed by atoms with Gasteiger partial charge in [-0.15, -0.1) is 0 Å². The van der Waals surface area contributed by atoms with Gasteiger partial charge in [0.25, 0.3) is 5.91 Å². The van der Waals surface area contributed by atoms with Crippen molar-refractivity contribution in [3.63, 3.8) is 0 Å². The van der Waals surface area contributed by atoms with Crippen molar-refractivity contribution in [3.05, 3.63) is 93.5 Å². The maximum atomic E-state index is 13.0. The Morgan fingerprint density at radius 1 is 0.941 bits per heavy atom. The molecule has 0 saturated carbocycles. The molecule has 34 heavy (non-hydrogen) atoms. The van der Waals surface area contributed by atoms with Gasteiger partial charge < -0.3 is 15.0 Å². The van der Waals surface area contributed by atoms with Crippen LogP contribution in [0.5, 0.6) is 0 Å². The van der Waals surface area contributed by atoms with E-state index in [0.717, 1.165) is 38.4 Å². The molecule has 1 heterocycles. The van der Waals surface area contributed by atoms with Crippen molar-refractivity contribution in [2.75, 3.05) is 43.5 Å². The second-order valence-corrected chi connectivity index (χ2v) is 8.89. The van der Waals surface area contributed by atoms with Gasteiger partial charge in [0.2, 0.25) is 0 Å². The van der Waals surface area contributed by atoms with E-state index in [0.29, 0.717) is 21.8 Å². The van der Waals surface area contributed by atoms with E-state index >= 15 is 0 Å². The lowest BCUT2D eigenvalue weighted by Crippen LogP contribution is -2.46. The topological polar surface area (TPSA) is 61.9 Å². The molecule has 6 nitrogen and oxygen atoms in total. The average Bonchev–Trinajstić information content (AvgIpc) is 2.84. The summed E-state index contributed by atoms with van der Waals surface area (Å²) in [6, 6.07) is 20.3. The van der Waals surface area contributed by atoms with Crippen LogP contribution in [-0.4, -0.2) is 50.1 Å². The van der Waals surface area contributed by atoms with E-state index < -0.39 is 5.97 Å². The summed E-state index contributed by atoms with van der Waals surface area (Å²) < 4.78 is 4.86. The predicted octanol–water partition coefficient (Wildman–Crippen LogP) is 5.35. The minimum absolute atomic E-state index is 0.255. The minimum Gasteiger partial charge on any atom is -0.465 e. The zero-order valence-corrected chi connectivity index (χ0v) is 20.3. The number of nitrogens with zero attached hydrogens (tertiary/aromatic N) is 2. The smallest absolute Gasteiger partial charge is 0.337 e. The molecule has 0 atom stereocenters. The summed E-state index contributed by atoms with van der Waals surface area (Å²) in [5.41, 5.74) is 3.30. The van der Waals surface area contributed by atoms with Gasteiger partial charge >= 0.3 is 5.97 Å². The van der Waals surface area contributed by atoms with Gasteiger partial charge in [0.1, 0.15) is 0 Å². The molecule has 1 amide bonds. The number of esters is 1. The molecule has 0 aliphatic carbocycles. The van der Waals surface area contributed by atoms with Crippen molar-refractivity contribution in [1.82, 2.24) is 4.90 Å². The first kappa shape index (κ1) is 24.1. The van der Waals surface area contributed by atoms with Crippen LogP contribution in [0.2, 0.25) is 10.0 Å². The lowest BCUT2D eigenvalue weighted by atomic mass is 10.1. The summed E-state index contributed by atoms with van der Waals surface area (Å²) >= 11 is 12.2.